The van der Waals surface area contributed by atoms with Crippen LogP contribution in [0.4, 0.5) is 0 Å². The molecule has 2 unspecified atom stereocenters. The summed E-state index contributed by atoms with van der Waals surface area (Å²) in [6.07, 6.45) is 5.74. The van der Waals surface area contributed by atoms with Crippen molar-refractivity contribution in [3.8, 4) is 0 Å². The Balaban J connectivity index is 1.39. The molecule has 1 fully saturated rings. The molecule has 2 atom stereocenters. The molecule has 1 aromatic carbocycles. The van der Waals surface area contributed by atoms with Crippen LogP contribution >= 0.6 is 0 Å². The van der Waals surface area contributed by atoms with E-state index in [-0.39, 0.29) is 6.10 Å². The Hall–Kier alpha value is -1.75. The average molecular weight is 339 g/mol. The third kappa shape index (κ3) is 5.36. The molecule has 1 aromatic heterocycles. The van der Waals surface area contributed by atoms with Crippen LogP contribution < -0.4 is 5.32 Å². The number of β-amino-alcohol motifs (C(OH)–C–C–N with tert-alkyl or cyclic N) is 1. The monoisotopic (exact) mass is 339 g/mol. The molecule has 0 bridgehead atoms. The van der Waals surface area contributed by atoms with Gasteiger partial charge in [-0.1, -0.05) is 36.4 Å². The van der Waals surface area contributed by atoms with E-state index in [1.54, 1.807) is 0 Å². The lowest BCUT2D eigenvalue weighted by molar-refractivity contribution is 0.0888. The van der Waals surface area contributed by atoms with Crippen LogP contribution in [0.25, 0.3) is 0 Å². The standard InChI is InChI=1S/C21H29N3O/c1-17(20-8-5-11-22-15-20)23-14-18-9-12-24(13-10-18)16-21(25)19-6-3-2-4-7-19/h2-8,11,15,17-18,21,23,25H,9-10,12-14,16H2,1H3. The number of aliphatic hydroxyl groups is 1. The fraction of sp³-hybridized carbons (Fsp3) is 0.476. The second kappa shape index (κ2) is 9.09. The zero-order valence-electron chi connectivity index (χ0n) is 15.0. The first-order valence-corrected chi connectivity index (χ1v) is 9.31. The van der Waals surface area contributed by atoms with Gasteiger partial charge in [-0.2, -0.15) is 0 Å². The van der Waals surface area contributed by atoms with E-state index in [0.717, 1.165) is 31.7 Å². The zero-order chi connectivity index (χ0) is 17.5. The summed E-state index contributed by atoms with van der Waals surface area (Å²) in [6, 6.07) is 14.4. The number of nitrogens with one attached hydrogen (secondary N) is 1. The Morgan fingerprint density at radius 3 is 2.52 bits per heavy atom. The summed E-state index contributed by atoms with van der Waals surface area (Å²) in [7, 11) is 0. The van der Waals surface area contributed by atoms with Gasteiger partial charge in [-0.25, -0.2) is 0 Å². The maximum absolute atomic E-state index is 10.4. The lowest BCUT2D eigenvalue weighted by Crippen LogP contribution is -2.39. The molecule has 2 heterocycles. The van der Waals surface area contributed by atoms with Crippen molar-refractivity contribution in [1.29, 1.82) is 0 Å². The number of pyridine rings is 1. The smallest absolute Gasteiger partial charge is 0.0916 e. The predicted molar refractivity (Wildman–Crippen MR) is 101 cm³/mol. The molecule has 4 nitrogen and oxygen atoms in total. The van der Waals surface area contributed by atoms with Gasteiger partial charge in [0.15, 0.2) is 0 Å². The normalized spacial score (nSPS) is 18.8. The molecule has 0 aliphatic carbocycles. The van der Waals surface area contributed by atoms with Gasteiger partial charge in [0.25, 0.3) is 0 Å². The molecule has 1 aliphatic heterocycles. The van der Waals surface area contributed by atoms with Crippen molar-refractivity contribution in [2.75, 3.05) is 26.2 Å². The molecule has 4 heteroatoms. The van der Waals surface area contributed by atoms with E-state index in [1.165, 1.54) is 18.4 Å². The summed E-state index contributed by atoms with van der Waals surface area (Å²) in [5.74, 6) is 0.712. The summed E-state index contributed by atoms with van der Waals surface area (Å²) in [4.78, 5) is 6.58. The summed E-state index contributed by atoms with van der Waals surface area (Å²) in [5, 5.41) is 14.0. The van der Waals surface area contributed by atoms with E-state index in [0.29, 0.717) is 12.0 Å². The minimum atomic E-state index is -0.388. The summed E-state index contributed by atoms with van der Waals surface area (Å²) in [6.45, 7) is 6.11. The summed E-state index contributed by atoms with van der Waals surface area (Å²) < 4.78 is 0. The minimum absolute atomic E-state index is 0.339. The van der Waals surface area contributed by atoms with Crippen molar-refractivity contribution >= 4 is 0 Å². The van der Waals surface area contributed by atoms with Gasteiger partial charge in [-0.3, -0.25) is 4.98 Å². The third-order valence-electron chi connectivity index (χ3n) is 5.22. The number of piperidine rings is 1. The quantitative estimate of drug-likeness (QED) is 0.813. The van der Waals surface area contributed by atoms with Gasteiger partial charge < -0.3 is 15.3 Å². The van der Waals surface area contributed by atoms with Crippen molar-refractivity contribution in [1.82, 2.24) is 15.2 Å². The van der Waals surface area contributed by atoms with Gasteiger partial charge in [0, 0.05) is 25.0 Å². The van der Waals surface area contributed by atoms with Crippen LogP contribution in [0.1, 0.15) is 43.0 Å². The van der Waals surface area contributed by atoms with Crippen molar-refractivity contribution in [3.63, 3.8) is 0 Å². The number of hydrogen-bond donors (Lipinski definition) is 2. The largest absolute Gasteiger partial charge is 0.387 e. The first-order chi connectivity index (χ1) is 12.2. The van der Waals surface area contributed by atoms with Crippen LogP contribution in [0.3, 0.4) is 0 Å². The first-order valence-electron chi connectivity index (χ1n) is 9.31. The molecule has 0 amide bonds. The van der Waals surface area contributed by atoms with Crippen molar-refractivity contribution in [2.24, 2.45) is 5.92 Å². The van der Waals surface area contributed by atoms with E-state index in [1.807, 2.05) is 48.8 Å². The first kappa shape index (κ1) is 18.1. The molecule has 1 aliphatic rings. The van der Waals surface area contributed by atoms with Gasteiger partial charge >= 0.3 is 0 Å². The molecule has 134 valence electrons. The van der Waals surface area contributed by atoms with Crippen LogP contribution in [0, 0.1) is 5.92 Å². The molecule has 3 rings (SSSR count). The van der Waals surface area contributed by atoms with Crippen molar-refractivity contribution < 1.29 is 5.11 Å². The van der Waals surface area contributed by atoms with Crippen LogP contribution in [0.5, 0.6) is 0 Å². The van der Waals surface area contributed by atoms with E-state index in [2.05, 4.69) is 28.2 Å². The highest BCUT2D eigenvalue weighted by Crippen LogP contribution is 2.21. The molecule has 25 heavy (non-hydrogen) atoms. The second-order valence-electron chi connectivity index (χ2n) is 7.09. The lowest BCUT2D eigenvalue weighted by atomic mass is 9.95. The number of aliphatic hydroxyl groups excluding tert-OH is 1. The highest BCUT2D eigenvalue weighted by Gasteiger charge is 2.22. The molecule has 2 aromatic rings. The van der Waals surface area contributed by atoms with E-state index in [4.69, 9.17) is 0 Å². The number of hydrogen-bond acceptors (Lipinski definition) is 4. The predicted octanol–water partition coefficient (Wildman–Crippen LogP) is 3.18. The fourth-order valence-electron chi connectivity index (χ4n) is 3.49. The average Bonchev–Trinajstić information content (AvgIpc) is 2.68. The Morgan fingerprint density at radius 1 is 1.12 bits per heavy atom. The topological polar surface area (TPSA) is 48.4 Å². The van der Waals surface area contributed by atoms with Crippen LogP contribution in [0.2, 0.25) is 0 Å². The highest BCUT2D eigenvalue weighted by atomic mass is 16.3. The molecule has 0 spiro atoms. The number of aromatic nitrogens is 1. The Kier molecular flexibility index (Phi) is 6.56. The van der Waals surface area contributed by atoms with E-state index in [9.17, 15) is 5.11 Å². The Labute approximate surface area is 150 Å². The highest BCUT2D eigenvalue weighted by molar-refractivity contribution is 5.17. The number of benzene rings is 1. The van der Waals surface area contributed by atoms with Crippen LogP contribution in [-0.4, -0.2) is 41.2 Å². The fourth-order valence-corrected chi connectivity index (χ4v) is 3.49. The molecule has 2 N–H and O–H groups in total. The molecular formula is C21H29N3O. The molecule has 0 saturated carbocycles. The van der Waals surface area contributed by atoms with E-state index < -0.39 is 0 Å². The Morgan fingerprint density at radius 2 is 1.84 bits per heavy atom. The van der Waals surface area contributed by atoms with Gasteiger partial charge in [-0.15, -0.1) is 0 Å². The maximum Gasteiger partial charge on any atom is 0.0916 e. The van der Waals surface area contributed by atoms with Crippen molar-refractivity contribution in [2.45, 2.75) is 31.9 Å². The number of nitrogens with zero attached hydrogens (tertiary/aromatic N) is 2. The second-order valence-corrected chi connectivity index (χ2v) is 7.09. The van der Waals surface area contributed by atoms with Gasteiger partial charge in [-0.05, 0) is 62.5 Å². The van der Waals surface area contributed by atoms with Gasteiger partial charge in [0.1, 0.15) is 0 Å². The maximum atomic E-state index is 10.4. The third-order valence-corrected chi connectivity index (χ3v) is 5.22. The number of rotatable bonds is 7. The molecule has 1 saturated heterocycles. The SMILES string of the molecule is CC(NCC1CCN(CC(O)c2ccccc2)CC1)c1cccnc1. The van der Waals surface area contributed by atoms with Crippen molar-refractivity contribution in [3.05, 3.63) is 66.0 Å². The summed E-state index contributed by atoms with van der Waals surface area (Å²) in [5.41, 5.74) is 2.25. The van der Waals surface area contributed by atoms with Gasteiger partial charge in [0.05, 0.1) is 6.10 Å². The summed E-state index contributed by atoms with van der Waals surface area (Å²) >= 11 is 0. The van der Waals surface area contributed by atoms with E-state index >= 15 is 0 Å². The van der Waals surface area contributed by atoms with Crippen LogP contribution in [0.15, 0.2) is 54.9 Å². The number of likely N-dealkylation sites (tertiary alicyclic amines) is 1. The van der Waals surface area contributed by atoms with Crippen LogP contribution in [-0.2, 0) is 0 Å². The lowest BCUT2D eigenvalue weighted by Gasteiger charge is -2.33. The Bertz CT molecular complexity index is 612. The molecule has 0 radical (unpaired) electrons. The minimum Gasteiger partial charge on any atom is -0.387 e. The van der Waals surface area contributed by atoms with Gasteiger partial charge in [0.2, 0.25) is 0 Å². The molecular weight excluding hydrogens is 310 g/mol. The zero-order valence-corrected chi connectivity index (χ0v) is 15.0.